The molecule has 0 spiro atoms. The van der Waals surface area contributed by atoms with Crippen LogP contribution in [0.4, 0.5) is 5.69 Å². The van der Waals surface area contributed by atoms with Crippen LogP contribution in [0.25, 0.3) is 5.82 Å². The standard InChI is InChI=1S/C23H20BrN5O3/c1-14-15(2)29(13-25-14)21-10-11-22(28-27-21)32-17-6-4-16(5-7-17)26-23(30)19-12-18(31-3)8-9-20(19)24/h4-13H,1-3H3,(H,26,30). The smallest absolute Gasteiger partial charge is 0.256 e. The fourth-order valence-electron chi connectivity index (χ4n) is 2.96. The third-order valence-corrected chi connectivity index (χ3v) is 5.57. The van der Waals surface area contributed by atoms with Crippen LogP contribution in [-0.4, -0.2) is 32.8 Å². The highest BCUT2D eigenvalue weighted by atomic mass is 79.9. The number of nitrogens with zero attached hydrogens (tertiary/aromatic N) is 4. The van der Waals surface area contributed by atoms with E-state index in [1.165, 1.54) is 0 Å². The van der Waals surface area contributed by atoms with Crippen molar-refractivity contribution >= 4 is 27.5 Å². The Bertz CT molecular complexity index is 1250. The molecule has 0 saturated heterocycles. The number of hydrogen-bond acceptors (Lipinski definition) is 6. The number of methoxy groups -OCH3 is 1. The number of aryl methyl sites for hydroxylation is 1. The molecule has 4 aromatic rings. The predicted molar refractivity (Wildman–Crippen MR) is 124 cm³/mol. The Kier molecular flexibility index (Phi) is 6.18. The van der Waals surface area contributed by atoms with Crippen molar-refractivity contribution in [1.82, 2.24) is 19.7 Å². The Hall–Kier alpha value is -3.72. The van der Waals surface area contributed by atoms with E-state index < -0.39 is 0 Å². The minimum absolute atomic E-state index is 0.254. The van der Waals surface area contributed by atoms with E-state index in [-0.39, 0.29) is 5.91 Å². The summed E-state index contributed by atoms with van der Waals surface area (Å²) in [4.78, 5) is 16.9. The van der Waals surface area contributed by atoms with Gasteiger partial charge in [-0.25, -0.2) is 4.98 Å². The van der Waals surface area contributed by atoms with Crippen LogP contribution in [0.15, 0.2) is 65.4 Å². The van der Waals surface area contributed by atoms with E-state index in [9.17, 15) is 4.79 Å². The minimum Gasteiger partial charge on any atom is -0.497 e. The number of halogens is 1. The van der Waals surface area contributed by atoms with Gasteiger partial charge in [-0.05, 0) is 78.3 Å². The number of rotatable bonds is 6. The van der Waals surface area contributed by atoms with E-state index in [0.717, 1.165) is 11.4 Å². The number of amides is 1. The van der Waals surface area contributed by atoms with Crippen molar-refractivity contribution in [3.8, 4) is 23.2 Å². The van der Waals surface area contributed by atoms with Crippen LogP contribution < -0.4 is 14.8 Å². The summed E-state index contributed by atoms with van der Waals surface area (Å²) in [5.41, 5.74) is 3.05. The molecule has 2 aromatic heterocycles. The Morgan fingerprint density at radius 2 is 1.75 bits per heavy atom. The summed E-state index contributed by atoms with van der Waals surface area (Å²) in [7, 11) is 1.56. The second-order valence-electron chi connectivity index (χ2n) is 6.94. The molecule has 0 fully saturated rings. The molecule has 0 bridgehead atoms. The molecule has 0 saturated carbocycles. The second kappa shape index (κ2) is 9.19. The van der Waals surface area contributed by atoms with E-state index in [4.69, 9.17) is 9.47 Å². The zero-order valence-electron chi connectivity index (χ0n) is 17.7. The molecular weight excluding hydrogens is 474 g/mol. The molecule has 9 heteroatoms. The summed E-state index contributed by atoms with van der Waals surface area (Å²) in [5, 5.41) is 11.2. The molecule has 8 nitrogen and oxygen atoms in total. The maximum atomic E-state index is 12.6. The van der Waals surface area contributed by atoms with E-state index in [0.29, 0.717) is 38.9 Å². The van der Waals surface area contributed by atoms with Gasteiger partial charge in [0, 0.05) is 21.9 Å². The lowest BCUT2D eigenvalue weighted by molar-refractivity contribution is 0.102. The lowest BCUT2D eigenvalue weighted by atomic mass is 10.2. The van der Waals surface area contributed by atoms with Gasteiger partial charge in [0.2, 0.25) is 5.88 Å². The summed E-state index contributed by atoms with van der Waals surface area (Å²) in [6, 6.07) is 15.8. The topological polar surface area (TPSA) is 91.2 Å². The van der Waals surface area contributed by atoms with Gasteiger partial charge in [-0.15, -0.1) is 10.2 Å². The van der Waals surface area contributed by atoms with Crippen molar-refractivity contribution in [2.45, 2.75) is 13.8 Å². The number of nitrogens with one attached hydrogen (secondary N) is 1. The number of benzene rings is 2. The SMILES string of the molecule is COc1ccc(Br)c(C(=O)Nc2ccc(Oc3ccc(-n4cnc(C)c4C)nn3)cc2)c1. The van der Waals surface area contributed by atoms with Crippen molar-refractivity contribution in [3.63, 3.8) is 0 Å². The first-order chi connectivity index (χ1) is 15.4. The molecule has 0 unspecified atom stereocenters. The lowest BCUT2D eigenvalue weighted by Gasteiger charge is -2.10. The molecule has 4 rings (SSSR count). The first-order valence-electron chi connectivity index (χ1n) is 9.72. The largest absolute Gasteiger partial charge is 0.497 e. The number of anilines is 1. The average Bonchev–Trinajstić information content (AvgIpc) is 3.14. The monoisotopic (exact) mass is 493 g/mol. The lowest BCUT2D eigenvalue weighted by Crippen LogP contribution is -2.12. The minimum atomic E-state index is -0.254. The normalized spacial score (nSPS) is 10.6. The predicted octanol–water partition coefficient (Wildman–Crippen LogP) is 5.09. The number of hydrogen-bond donors (Lipinski definition) is 1. The van der Waals surface area contributed by atoms with Crippen LogP contribution in [0.1, 0.15) is 21.7 Å². The van der Waals surface area contributed by atoms with E-state index in [2.05, 4.69) is 36.4 Å². The quantitative estimate of drug-likeness (QED) is 0.401. The van der Waals surface area contributed by atoms with Crippen LogP contribution in [0.5, 0.6) is 17.4 Å². The second-order valence-corrected chi connectivity index (χ2v) is 7.80. The van der Waals surface area contributed by atoms with Crippen LogP contribution >= 0.6 is 15.9 Å². The Labute approximate surface area is 193 Å². The van der Waals surface area contributed by atoms with Crippen molar-refractivity contribution in [1.29, 1.82) is 0 Å². The van der Waals surface area contributed by atoms with Gasteiger partial charge >= 0.3 is 0 Å². The van der Waals surface area contributed by atoms with Gasteiger partial charge in [-0.1, -0.05) is 0 Å². The molecule has 1 amide bonds. The van der Waals surface area contributed by atoms with Gasteiger partial charge in [0.25, 0.3) is 5.91 Å². The molecule has 32 heavy (non-hydrogen) atoms. The maximum Gasteiger partial charge on any atom is 0.256 e. The van der Waals surface area contributed by atoms with Gasteiger partial charge in [0.1, 0.15) is 17.8 Å². The first kappa shape index (κ1) is 21.5. The van der Waals surface area contributed by atoms with Gasteiger partial charge in [0.15, 0.2) is 5.82 Å². The van der Waals surface area contributed by atoms with Crippen LogP contribution in [0, 0.1) is 13.8 Å². The third-order valence-electron chi connectivity index (χ3n) is 4.88. The van der Waals surface area contributed by atoms with Gasteiger partial charge in [-0.2, -0.15) is 0 Å². The molecule has 0 aliphatic carbocycles. The highest BCUT2D eigenvalue weighted by Crippen LogP contribution is 2.25. The highest BCUT2D eigenvalue weighted by molar-refractivity contribution is 9.10. The van der Waals surface area contributed by atoms with Crippen LogP contribution in [0.2, 0.25) is 0 Å². The van der Waals surface area contributed by atoms with Crippen molar-refractivity contribution in [2.24, 2.45) is 0 Å². The molecule has 0 atom stereocenters. The first-order valence-corrected chi connectivity index (χ1v) is 10.5. The van der Waals surface area contributed by atoms with Crippen LogP contribution in [-0.2, 0) is 0 Å². The van der Waals surface area contributed by atoms with E-state index >= 15 is 0 Å². The third kappa shape index (κ3) is 4.62. The number of imidazole rings is 1. The molecule has 162 valence electrons. The Morgan fingerprint density at radius 1 is 1.00 bits per heavy atom. The average molecular weight is 494 g/mol. The Morgan fingerprint density at radius 3 is 2.38 bits per heavy atom. The summed E-state index contributed by atoms with van der Waals surface area (Å²) in [6.45, 7) is 3.92. The fraction of sp³-hybridized carbons (Fsp3) is 0.130. The fourth-order valence-corrected chi connectivity index (χ4v) is 3.38. The molecule has 0 aliphatic heterocycles. The summed E-state index contributed by atoms with van der Waals surface area (Å²) >= 11 is 3.39. The zero-order valence-corrected chi connectivity index (χ0v) is 19.3. The van der Waals surface area contributed by atoms with Gasteiger partial charge < -0.3 is 14.8 Å². The molecule has 1 N–H and O–H groups in total. The van der Waals surface area contributed by atoms with Crippen molar-refractivity contribution in [2.75, 3.05) is 12.4 Å². The summed E-state index contributed by atoms with van der Waals surface area (Å²) in [6.07, 6.45) is 1.71. The molecule has 2 heterocycles. The zero-order chi connectivity index (χ0) is 22.7. The highest BCUT2D eigenvalue weighted by Gasteiger charge is 2.12. The molecule has 2 aromatic carbocycles. The van der Waals surface area contributed by atoms with Crippen molar-refractivity contribution in [3.05, 3.63) is 82.3 Å². The summed E-state index contributed by atoms with van der Waals surface area (Å²) in [5.74, 6) is 1.95. The van der Waals surface area contributed by atoms with Gasteiger partial charge in [0.05, 0.1) is 18.4 Å². The number of carbonyl (C=O) groups is 1. The maximum absolute atomic E-state index is 12.6. The number of carbonyl (C=O) groups excluding carboxylic acids is 1. The summed E-state index contributed by atoms with van der Waals surface area (Å²) < 4.78 is 13.5. The Balaban J connectivity index is 1.42. The number of aromatic nitrogens is 4. The molecule has 0 radical (unpaired) electrons. The van der Waals surface area contributed by atoms with E-state index in [1.807, 2.05) is 24.5 Å². The van der Waals surface area contributed by atoms with Crippen LogP contribution in [0.3, 0.4) is 0 Å². The van der Waals surface area contributed by atoms with Crippen molar-refractivity contribution < 1.29 is 14.3 Å². The molecule has 0 aliphatic rings. The number of ether oxygens (including phenoxy) is 2. The molecular formula is C23H20BrN5O3. The van der Waals surface area contributed by atoms with E-state index in [1.54, 1.807) is 62.0 Å². The van der Waals surface area contributed by atoms with Gasteiger partial charge in [-0.3, -0.25) is 9.36 Å².